The third-order valence-electron chi connectivity index (χ3n) is 3.32. The van der Waals surface area contributed by atoms with E-state index in [2.05, 4.69) is 5.32 Å². The van der Waals surface area contributed by atoms with Gasteiger partial charge in [0.05, 0.1) is 19.6 Å². The van der Waals surface area contributed by atoms with Crippen molar-refractivity contribution in [3.05, 3.63) is 23.8 Å². The van der Waals surface area contributed by atoms with Crippen LogP contribution in [-0.4, -0.2) is 31.8 Å². The van der Waals surface area contributed by atoms with Crippen molar-refractivity contribution in [1.29, 1.82) is 0 Å². The van der Waals surface area contributed by atoms with Gasteiger partial charge in [0.15, 0.2) is 0 Å². The lowest BCUT2D eigenvalue weighted by Crippen LogP contribution is -2.28. The zero-order valence-corrected chi connectivity index (χ0v) is 12.5. The molecule has 0 amide bonds. The molecule has 0 saturated heterocycles. The maximum Gasteiger partial charge on any atom is 0.309 e. The Kier molecular flexibility index (Phi) is 5.82. The molecule has 0 fully saturated rings. The topological polar surface area (TPSA) is 67.8 Å². The van der Waals surface area contributed by atoms with Crippen molar-refractivity contribution >= 4 is 5.97 Å². The monoisotopic (exact) mass is 281 g/mol. The molecule has 5 nitrogen and oxygen atoms in total. The highest BCUT2D eigenvalue weighted by Gasteiger charge is 2.26. The van der Waals surface area contributed by atoms with E-state index in [9.17, 15) is 4.79 Å². The Hall–Kier alpha value is -1.75. The van der Waals surface area contributed by atoms with Gasteiger partial charge in [-0.15, -0.1) is 0 Å². The first-order valence-electron chi connectivity index (χ1n) is 6.55. The number of carboxylic acid groups (broad SMARTS) is 1. The molecule has 0 heterocycles. The van der Waals surface area contributed by atoms with Crippen LogP contribution in [0.15, 0.2) is 18.2 Å². The summed E-state index contributed by atoms with van der Waals surface area (Å²) in [6, 6.07) is 5.64. The van der Waals surface area contributed by atoms with Crippen LogP contribution in [0.2, 0.25) is 0 Å². The standard InChI is InChI=1S/C15H23NO4/c1-15(2,14(17)18)7-8-16-10-11-5-6-12(19-3)9-13(11)20-4/h5-6,9,16H,7-8,10H2,1-4H3,(H,17,18). The van der Waals surface area contributed by atoms with Crippen LogP contribution in [0.25, 0.3) is 0 Å². The number of rotatable bonds is 8. The first-order chi connectivity index (χ1) is 9.40. The Morgan fingerprint density at radius 2 is 2.00 bits per heavy atom. The SMILES string of the molecule is COc1ccc(CNCCC(C)(C)C(=O)O)c(OC)c1. The number of hydrogen-bond acceptors (Lipinski definition) is 4. The van der Waals surface area contributed by atoms with Crippen molar-refractivity contribution in [2.75, 3.05) is 20.8 Å². The van der Waals surface area contributed by atoms with Gasteiger partial charge in [-0.25, -0.2) is 0 Å². The van der Waals surface area contributed by atoms with Crippen LogP contribution >= 0.6 is 0 Å². The van der Waals surface area contributed by atoms with Crippen LogP contribution in [0, 0.1) is 5.41 Å². The van der Waals surface area contributed by atoms with Crippen LogP contribution in [0.4, 0.5) is 0 Å². The van der Waals surface area contributed by atoms with Crippen LogP contribution in [0.3, 0.4) is 0 Å². The predicted octanol–water partition coefficient (Wildman–Crippen LogP) is 2.29. The minimum Gasteiger partial charge on any atom is -0.497 e. The van der Waals surface area contributed by atoms with E-state index in [0.717, 1.165) is 17.1 Å². The maximum atomic E-state index is 11.0. The molecule has 0 spiro atoms. The molecule has 20 heavy (non-hydrogen) atoms. The van der Waals surface area contributed by atoms with E-state index < -0.39 is 11.4 Å². The summed E-state index contributed by atoms with van der Waals surface area (Å²) in [6.07, 6.45) is 0.570. The number of carbonyl (C=O) groups is 1. The van der Waals surface area contributed by atoms with Gasteiger partial charge in [0.1, 0.15) is 11.5 Å². The molecule has 5 heteroatoms. The smallest absolute Gasteiger partial charge is 0.309 e. The van der Waals surface area contributed by atoms with Gasteiger partial charge in [-0.1, -0.05) is 6.07 Å². The highest BCUT2D eigenvalue weighted by molar-refractivity contribution is 5.73. The summed E-state index contributed by atoms with van der Waals surface area (Å²) < 4.78 is 10.5. The van der Waals surface area contributed by atoms with E-state index in [-0.39, 0.29) is 0 Å². The molecule has 0 aliphatic heterocycles. The minimum atomic E-state index is -0.777. The molecule has 0 bridgehead atoms. The van der Waals surface area contributed by atoms with E-state index >= 15 is 0 Å². The third kappa shape index (κ3) is 4.42. The van der Waals surface area contributed by atoms with Crippen molar-refractivity contribution < 1.29 is 19.4 Å². The van der Waals surface area contributed by atoms with Gasteiger partial charge in [-0.3, -0.25) is 4.79 Å². The van der Waals surface area contributed by atoms with Gasteiger partial charge < -0.3 is 19.9 Å². The molecule has 1 rings (SSSR count). The molecule has 0 aliphatic rings. The van der Waals surface area contributed by atoms with Crippen molar-refractivity contribution in [2.45, 2.75) is 26.8 Å². The van der Waals surface area contributed by atoms with E-state index in [1.165, 1.54) is 0 Å². The molecule has 0 atom stereocenters. The summed E-state index contributed by atoms with van der Waals surface area (Å²) in [4.78, 5) is 11.0. The number of methoxy groups -OCH3 is 2. The maximum absolute atomic E-state index is 11.0. The van der Waals surface area contributed by atoms with Crippen LogP contribution < -0.4 is 14.8 Å². The lowest BCUT2D eigenvalue weighted by molar-refractivity contribution is -0.147. The Labute approximate surface area is 119 Å². The van der Waals surface area contributed by atoms with Crippen LogP contribution in [0.5, 0.6) is 11.5 Å². The van der Waals surface area contributed by atoms with Crippen molar-refractivity contribution in [1.82, 2.24) is 5.32 Å². The van der Waals surface area contributed by atoms with Gasteiger partial charge in [0.2, 0.25) is 0 Å². The summed E-state index contributed by atoms with van der Waals surface area (Å²) in [5.74, 6) is 0.730. The van der Waals surface area contributed by atoms with Crippen molar-refractivity contribution in [3.8, 4) is 11.5 Å². The molecule has 0 aliphatic carbocycles. The number of carboxylic acids is 1. The lowest BCUT2D eigenvalue weighted by atomic mass is 9.90. The van der Waals surface area contributed by atoms with Crippen molar-refractivity contribution in [2.24, 2.45) is 5.41 Å². The van der Waals surface area contributed by atoms with E-state index in [4.69, 9.17) is 14.6 Å². The fourth-order valence-electron chi connectivity index (χ4n) is 1.73. The molecular formula is C15H23NO4. The highest BCUT2D eigenvalue weighted by atomic mass is 16.5. The minimum absolute atomic E-state index is 0.570. The summed E-state index contributed by atoms with van der Waals surface area (Å²) in [6.45, 7) is 4.72. The second kappa shape index (κ2) is 7.14. The largest absolute Gasteiger partial charge is 0.497 e. The molecule has 2 N–H and O–H groups in total. The van der Waals surface area contributed by atoms with Gasteiger partial charge in [0, 0.05) is 18.2 Å². The first-order valence-corrected chi connectivity index (χ1v) is 6.55. The summed E-state index contributed by atoms with van der Waals surface area (Å²) >= 11 is 0. The number of nitrogens with one attached hydrogen (secondary N) is 1. The quantitative estimate of drug-likeness (QED) is 0.716. The molecule has 112 valence electrons. The summed E-state index contributed by atoms with van der Waals surface area (Å²) in [5, 5.41) is 12.3. The number of hydrogen-bond donors (Lipinski definition) is 2. The second-order valence-electron chi connectivity index (χ2n) is 5.29. The fraction of sp³-hybridized carbons (Fsp3) is 0.533. The normalized spacial score (nSPS) is 11.2. The molecule has 0 radical (unpaired) electrons. The average molecular weight is 281 g/mol. The number of ether oxygens (including phenoxy) is 2. The fourth-order valence-corrected chi connectivity index (χ4v) is 1.73. The third-order valence-corrected chi connectivity index (χ3v) is 3.32. The van der Waals surface area contributed by atoms with E-state index in [0.29, 0.717) is 19.5 Å². The predicted molar refractivity (Wildman–Crippen MR) is 77.3 cm³/mol. The number of aliphatic carboxylic acids is 1. The Bertz CT molecular complexity index is 457. The van der Waals surface area contributed by atoms with Gasteiger partial charge in [-0.2, -0.15) is 0 Å². The van der Waals surface area contributed by atoms with Gasteiger partial charge >= 0.3 is 5.97 Å². The lowest BCUT2D eigenvalue weighted by Gasteiger charge is -2.19. The van der Waals surface area contributed by atoms with Gasteiger partial charge in [0.25, 0.3) is 0 Å². The molecule has 0 unspecified atom stereocenters. The molecule has 1 aromatic carbocycles. The van der Waals surface area contributed by atoms with Crippen molar-refractivity contribution in [3.63, 3.8) is 0 Å². The Morgan fingerprint density at radius 3 is 2.55 bits per heavy atom. The average Bonchev–Trinajstić information content (AvgIpc) is 2.43. The highest BCUT2D eigenvalue weighted by Crippen LogP contribution is 2.24. The number of benzene rings is 1. The van der Waals surface area contributed by atoms with E-state index in [1.54, 1.807) is 28.1 Å². The molecule has 0 saturated carbocycles. The van der Waals surface area contributed by atoms with Gasteiger partial charge in [-0.05, 0) is 32.9 Å². The Balaban J connectivity index is 2.52. The van der Waals surface area contributed by atoms with Crippen LogP contribution in [-0.2, 0) is 11.3 Å². The second-order valence-corrected chi connectivity index (χ2v) is 5.29. The zero-order valence-electron chi connectivity index (χ0n) is 12.5. The summed E-state index contributed by atoms with van der Waals surface area (Å²) in [7, 11) is 3.23. The molecule has 0 aromatic heterocycles. The zero-order chi connectivity index (χ0) is 15.2. The van der Waals surface area contributed by atoms with E-state index in [1.807, 2.05) is 18.2 Å². The Morgan fingerprint density at radius 1 is 1.30 bits per heavy atom. The first kappa shape index (κ1) is 16.3. The molecule has 1 aromatic rings. The van der Waals surface area contributed by atoms with Crippen LogP contribution in [0.1, 0.15) is 25.8 Å². The summed E-state index contributed by atoms with van der Waals surface area (Å²) in [5.41, 5.74) is 0.304. The molecular weight excluding hydrogens is 258 g/mol.